The molecule has 0 amide bonds. The Balaban J connectivity index is 1.44. The molecule has 0 unspecified atom stereocenters. The molecule has 1 aromatic carbocycles. The summed E-state index contributed by atoms with van der Waals surface area (Å²) >= 11 is 3.44. The standard InChI is InChI=1S/C22H16N4S2/c1-14-9-10-23-21(11-14)26-20-8-4-6-16(25-20)19-13-24-22(28-19)18-12-15-5-2-3-7-17(15)27-18/h2-13H,1H3,(H,23,25,26). The van der Waals surface area contributed by atoms with E-state index in [4.69, 9.17) is 4.98 Å². The Labute approximate surface area is 170 Å². The molecule has 28 heavy (non-hydrogen) atoms. The average Bonchev–Trinajstić information content (AvgIpc) is 3.35. The maximum atomic E-state index is 4.74. The van der Waals surface area contributed by atoms with Crippen molar-refractivity contribution in [2.24, 2.45) is 0 Å². The van der Waals surface area contributed by atoms with Gasteiger partial charge in [0, 0.05) is 17.1 Å². The lowest BCUT2D eigenvalue weighted by atomic mass is 10.2. The van der Waals surface area contributed by atoms with Crippen LogP contribution in [0.1, 0.15) is 5.56 Å². The number of rotatable bonds is 4. The van der Waals surface area contributed by atoms with E-state index in [-0.39, 0.29) is 0 Å². The number of aryl methyl sites for hydroxylation is 1. The second kappa shape index (κ2) is 7.14. The number of hydrogen-bond donors (Lipinski definition) is 1. The van der Waals surface area contributed by atoms with E-state index in [1.807, 2.05) is 43.5 Å². The monoisotopic (exact) mass is 400 g/mol. The van der Waals surface area contributed by atoms with Crippen LogP contribution in [0.3, 0.4) is 0 Å². The van der Waals surface area contributed by atoms with E-state index in [9.17, 15) is 0 Å². The van der Waals surface area contributed by atoms with Crippen molar-refractivity contribution >= 4 is 44.4 Å². The average molecular weight is 401 g/mol. The third-order valence-electron chi connectivity index (χ3n) is 4.32. The minimum Gasteiger partial charge on any atom is -0.325 e. The van der Waals surface area contributed by atoms with Gasteiger partial charge in [0.25, 0.3) is 0 Å². The first kappa shape index (κ1) is 17.0. The van der Waals surface area contributed by atoms with Gasteiger partial charge in [-0.15, -0.1) is 22.7 Å². The highest BCUT2D eigenvalue weighted by atomic mass is 32.1. The summed E-state index contributed by atoms with van der Waals surface area (Å²) in [5.41, 5.74) is 2.06. The number of thiazole rings is 1. The largest absolute Gasteiger partial charge is 0.325 e. The first-order chi connectivity index (χ1) is 13.7. The number of benzene rings is 1. The normalized spacial score (nSPS) is 11.0. The van der Waals surface area contributed by atoms with Crippen molar-refractivity contribution in [1.29, 1.82) is 0 Å². The summed E-state index contributed by atoms with van der Waals surface area (Å²) in [4.78, 5) is 16.0. The molecule has 0 atom stereocenters. The Morgan fingerprint density at radius 1 is 0.821 bits per heavy atom. The molecule has 5 rings (SSSR count). The molecule has 136 valence electrons. The summed E-state index contributed by atoms with van der Waals surface area (Å²) < 4.78 is 1.28. The maximum absolute atomic E-state index is 4.74. The van der Waals surface area contributed by atoms with Gasteiger partial charge in [-0.2, -0.15) is 0 Å². The highest BCUT2D eigenvalue weighted by Crippen LogP contribution is 2.38. The van der Waals surface area contributed by atoms with Crippen molar-refractivity contribution in [1.82, 2.24) is 15.0 Å². The molecule has 4 heterocycles. The van der Waals surface area contributed by atoms with Crippen molar-refractivity contribution in [3.63, 3.8) is 0 Å². The summed E-state index contributed by atoms with van der Waals surface area (Å²) in [6.07, 6.45) is 3.70. The zero-order chi connectivity index (χ0) is 18.9. The number of anilines is 2. The van der Waals surface area contributed by atoms with E-state index in [0.717, 1.165) is 32.8 Å². The second-order valence-corrected chi connectivity index (χ2v) is 8.54. The van der Waals surface area contributed by atoms with Gasteiger partial charge < -0.3 is 5.32 Å². The fourth-order valence-corrected chi connectivity index (χ4v) is 4.97. The van der Waals surface area contributed by atoms with E-state index >= 15 is 0 Å². The molecule has 0 saturated heterocycles. The highest BCUT2D eigenvalue weighted by molar-refractivity contribution is 7.26. The quantitative estimate of drug-likeness (QED) is 0.372. The van der Waals surface area contributed by atoms with E-state index < -0.39 is 0 Å². The van der Waals surface area contributed by atoms with Gasteiger partial charge in [-0.1, -0.05) is 24.3 Å². The van der Waals surface area contributed by atoms with Gasteiger partial charge >= 0.3 is 0 Å². The van der Waals surface area contributed by atoms with Crippen LogP contribution >= 0.6 is 22.7 Å². The molecule has 0 aliphatic rings. The van der Waals surface area contributed by atoms with Crippen molar-refractivity contribution in [3.8, 4) is 20.5 Å². The number of fused-ring (bicyclic) bond motifs is 1. The van der Waals surface area contributed by atoms with Crippen LogP contribution in [-0.2, 0) is 0 Å². The molecular weight excluding hydrogens is 384 g/mol. The number of thiophene rings is 1. The van der Waals surface area contributed by atoms with Gasteiger partial charge in [0.05, 0.1) is 15.4 Å². The number of nitrogens with zero attached hydrogens (tertiary/aromatic N) is 3. The molecule has 0 aliphatic carbocycles. The van der Waals surface area contributed by atoms with Gasteiger partial charge in [-0.25, -0.2) is 15.0 Å². The third-order valence-corrected chi connectivity index (χ3v) is 6.62. The predicted molar refractivity (Wildman–Crippen MR) is 118 cm³/mol. The summed E-state index contributed by atoms with van der Waals surface area (Å²) in [6.45, 7) is 2.05. The van der Waals surface area contributed by atoms with Crippen molar-refractivity contribution < 1.29 is 0 Å². The van der Waals surface area contributed by atoms with E-state index in [0.29, 0.717) is 0 Å². The van der Waals surface area contributed by atoms with Crippen molar-refractivity contribution in [3.05, 3.63) is 78.6 Å². The van der Waals surface area contributed by atoms with E-state index in [2.05, 4.69) is 45.6 Å². The van der Waals surface area contributed by atoms with Crippen LogP contribution in [0, 0.1) is 6.92 Å². The number of hydrogen-bond acceptors (Lipinski definition) is 6. The van der Waals surface area contributed by atoms with E-state index in [1.54, 1.807) is 28.9 Å². The molecule has 0 spiro atoms. The first-order valence-electron chi connectivity index (χ1n) is 8.86. The fraction of sp³-hybridized carbons (Fsp3) is 0.0455. The lowest BCUT2D eigenvalue weighted by molar-refractivity contribution is 1.24. The van der Waals surface area contributed by atoms with Gasteiger partial charge in [-0.05, 0) is 54.3 Å². The van der Waals surface area contributed by atoms with Crippen LogP contribution in [-0.4, -0.2) is 15.0 Å². The van der Waals surface area contributed by atoms with Gasteiger partial charge in [0.15, 0.2) is 0 Å². The minimum atomic E-state index is 0.771. The summed E-state index contributed by atoms with van der Waals surface area (Å²) in [6, 6.07) is 20.6. The topological polar surface area (TPSA) is 50.7 Å². The second-order valence-electron chi connectivity index (χ2n) is 6.43. The molecule has 0 bridgehead atoms. The van der Waals surface area contributed by atoms with Crippen molar-refractivity contribution in [2.75, 3.05) is 5.32 Å². The Kier molecular flexibility index (Phi) is 4.35. The van der Waals surface area contributed by atoms with Crippen molar-refractivity contribution in [2.45, 2.75) is 6.92 Å². The van der Waals surface area contributed by atoms with Gasteiger partial charge in [-0.3, -0.25) is 0 Å². The summed E-state index contributed by atoms with van der Waals surface area (Å²) in [7, 11) is 0. The third kappa shape index (κ3) is 3.40. The fourth-order valence-electron chi connectivity index (χ4n) is 2.97. The first-order valence-corrected chi connectivity index (χ1v) is 10.5. The number of pyridine rings is 2. The Morgan fingerprint density at radius 3 is 2.64 bits per heavy atom. The maximum Gasteiger partial charge on any atom is 0.133 e. The van der Waals surface area contributed by atoms with Crippen LogP contribution in [0.15, 0.2) is 73.1 Å². The highest BCUT2D eigenvalue weighted by Gasteiger charge is 2.11. The molecule has 6 heteroatoms. The smallest absolute Gasteiger partial charge is 0.133 e. The molecule has 0 fully saturated rings. The zero-order valence-corrected chi connectivity index (χ0v) is 16.7. The van der Waals surface area contributed by atoms with E-state index in [1.165, 1.54) is 15.0 Å². The van der Waals surface area contributed by atoms with Crippen LogP contribution in [0.5, 0.6) is 0 Å². The summed E-state index contributed by atoms with van der Waals surface area (Å²) in [5, 5.41) is 5.56. The molecule has 0 saturated carbocycles. The summed E-state index contributed by atoms with van der Waals surface area (Å²) in [5.74, 6) is 1.56. The molecular formula is C22H16N4S2. The molecule has 5 aromatic rings. The number of nitrogens with one attached hydrogen (secondary N) is 1. The Bertz CT molecular complexity index is 1240. The lowest BCUT2D eigenvalue weighted by Gasteiger charge is -2.06. The Hall–Kier alpha value is -3.09. The Morgan fingerprint density at radius 2 is 1.75 bits per heavy atom. The van der Waals surface area contributed by atoms with Gasteiger partial charge in [0.2, 0.25) is 0 Å². The van der Waals surface area contributed by atoms with Crippen LogP contribution < -0.4 is 5.32 Å². The predicted octanol–water partition coefficient (Wildman–Crippen LogP) is 6.53. The lowest BCUT2D eigenvalue weighted by Crippen LogP contribution is -1.96. The molecule has 0 aliphatic heterocycles. The molecule has 4 aromatic heterocycles. The molecule has 4 nitrogen and oxygen atoms in total. The minimum absolute atomic E-state index is 0.771. The molecule has 0 radical (unpaired) electrons. The van der Waals surface area contributed by atoms with Crippen LogP contribution in [0.25, 0.3) is 30.5 Å². The van der Waals surface area contributed by atoms with Crippen LogP contribution in [0.2, 0.25) is 0 Å². The molecule has 1 N–H and O–H groups in total. The van der Waals surface area contributed by atoms with Crippen LogP contribution in [0.4, 0.5) is 11.6 Å². The van der Waals surface area contributed by atoms with Gasteiger partial charge in [0.1, 0.15) is 16.6 Å². The number of aromatic nitrogens is 3. The zero-order valence-electron chi connectivity index (χ0n) is 15.1. The SMILES string of the molecule is Cc1ccnc(Nc2cccc(-c3cnc(-c4cc5ccccc5s4)s3)n2)c1.